The molecule has 3 unspecified atom stereocenters. The van der Waals surface area contributed by atoms with Gasteiger partial charge in [-0.25, -0.2) is 0 Å². The van der Waals surface area contributed by atoms with Gasteiger partial charge in [-0.3, -0.25) is 0 Å². The third-order valence-corrected chi connectivity index (χ3v) is 4.88. The summed E-state index contributed by atoms with van der Waals surface area (Å²) in [5.41, 5.74) is 2.51. The molecule has 100 valence electrons. The molecule has 0 amide bonds. The highest BCUT2D eigenvalue weighted by Gasteiger charge is 2.26. The van der Waals surface area contributed by atoms with Crippen molar-refractivity contribution >= 4 is 15.9 Å². The summed E-state index contributed by atoms with van der Waals surface area (Å²) < 4.78 is 6.30. The smallest absolute Gasteiger partial charge is 0.126 e. The number of ether oxygens (including phenoxy) is 1. The van der Waals surface area contributed by atoms with Gasteiger partial charge in [0, 0.05) is 10.9 Å². The van der Waals surface area contributed by atoms with Crippen LogP contribution in [0.3, 0.4) is 0 Å². The molecule has 1 aromatic rings. The highest BCUT2D eigenvalue weighted by atomic mass is 79.9. The first-order valence-electron chi connectivity index (χ1n) is 6.93. The van der Waals surface area contributed by atoms with Gasteiger partial charge in [0.1, 0.15) is 5.75 Å². The van der Waals surface area contributed by atoms with Crippen molar-refractivity contribution in [2.24, 2.45) is 11.8 Å². The van der Waals surface area contributed by atoms with E-state index in [0.29, 0.717) is 6.10 Å². The summed E-state index contributed by atoms with van der Waals surface area (Å²) >= 11 is 3.55. The van der Waals surface area contributed by atoms with E-state index < -0.39 is 0 Å². The third-order valence-electron chi connectivity index (χ3n) is 4.27. The van der Waals surface area contributed by atoms with Crippen LogP contribution in [-0.4, -0.2) is 6.10 Å². The highest BCUT2D eigenvalue weighted by Crippen LogP contribution is 2.34. The van der Waals surface area contributed by atoms with Gasteiger partial charge in [-0.2, -0.15) is 0 Å². The first-order chi connectivity index (χ1) is 8.61. The molecular formula is C16H23BrO. The van der Waals surface area contributed by atoms with Crippen molar-refractivity contribution in [2.45, 2.75) is 51.5 Å². The Kier molecular flexibility index (Phi) is 4.71. The first-order valence-corrected chi connectivity index (χ1v) is 8.05. The number of hydrogen-bond donors (Lipinski definition) is 0. The Morgan fingerprint density at radius 2 is 2.00 bits per heavy atom. The standard InChI is InChI=1S/C16H23BrO/c1-11-7-8-15(9-13(11)3)18-16-12(2)5-4-6-14(16)10-17/h4-6,11,13,15H,7-10H2,1-3H3. The molecule has 0 heterocycles. The Hall–Kier alpha value is -0.500. The van der Waals surface area contributed by atoms with E-state index in [0.717, 1.165) is 22.9 Å². The van der Waals surface area contributed by atoms with E-state index in [2.05, 4.69) is 54.9 Å². The molecule has 1 aliphatic rings. The van der Waals surface area contributed by atoms with Crippen molar-refractivity contribution in [2.75, 3.05) is 0 Å². The molecule has 0 aromatic heterocycles. The topological polar surface area (TPSA) is 9.23 Å². The largest absolute Gasteiger partial charge is 0.490 e. The Balaban J connectivity index is 2.10. The van der Waals surface area contributed by atoms with Crippen LogP contribution in [0.1, 0.15) is 44.2 Å². The maximum Gasteiger partial charge on any atom is 0.126 e. The summed E-state index contributed by atoms with van der Waals surface area (Å²) in [5.74, 6) is 2.72. The number of para-hydroxylation sites is 1. The molecule has 18 heavy (non-hydrogen) atoms. The fraction of sp³-hybridized carbons (Fsp3) is 0.625. The molecule has 1 saturated carbocycles. The number of halogens is 1. The second-order valence-corrected chi connectivity index (χ2v) is 6.27. The predicted molar refractivity (Wildman–Crippen MR) is 80.4 cm³/mol. The van der Waals surface area contributed by atoms with Crippen LogP contribution in [0.25, 0.3) is 0 Å². The van der Waals surface area contributed by atoms with Crippen molar-refractivity contribution in [1.82, 2.24) is 0 Å². The summed E-state index contributed by atoms with van der Waals surface area (Å²) in [7, 11) is 0. The lowest BCUT2D eigenvalue weighted by atomic mass is 9.80. The number of alkyl halides is 1. The van der Waals surface area contributed by atoms with Crippen LogP contribution in [0.4, 0.5) is 0 Å². The summed E-state index contributed by atoms with van der Waals surface area (Å²) in [6.45, 7) is 6.85. The van der Waals surface area contributed by atoms with Gasteiger partial charge in [-0.05, 0) is 43.6 Å². The van der Waals surface area contributed by atoms with E-state index in [-0.39, 0.29) is 0 Å². The molecule has 0 N–H and O–H groups in total. The summed E-state index contributed by atoms with van der Waals surface area (Å²) in [6.07, 6.45) is 4.08. The molecule has 2 rings (SSSR count). The third kappa shape index (κ3) is 3.09. The highest BCUT2D eigenvalue weighted by molar-refractivity contribution is 9.08. The second-order valence-electron chi connectivity index (χ2n) is 5.70. The van der Waals surface area contributed by atoms with Gasteiger partial charge in [-0.15, -0.1) is 0 Å². The molecule has 0 saturated heterocycles. The van der Waals surface area contributed by atoms with E-state index in [1.54, 1.807) is 0 Å². The molecule has 1 aromatic carbocycles. The number of hydrogen-bond acceptors (Lipinski definition) is 1. The maximum atomic E-state index is 6.30. The van der Waals surface area contributed by atoms with E-state index in [1.807, 2.05) is 0 Å². The van der Waals surface area contributed by atoms with E-state index >= 15 is 0 Å². The first kappa shape index (κ1) is 13.9. The van der Waals surface area contributed by atoms with E-state index in [1.165, 1.54) is 30.4 Å². The molecule has 1 fully saturated rings. The van der Waals surface area contributed by atoms with Crippen LogP contribution in [0.5, 0.6) is 5.75 Å². The van der Waals surface area contributed by atoms with Crippen LogP contribution in [0.2, 0.25) is 0 Å². The molecule has 0 spiro atoms. The molecule has 3 atom stereocenters. The van der Waals surface area contributed by atoms with Crippen LogP contribution >= 0.6 is 15.9 Å². The normalized spacial score (nSPS) is 28.1. The molecular weight excluding hydrogens is 288 g/mol. The Labute approximate surface area is 119 Å². The minimum Gasteiger partial charge on any atom is -0.490 e. The van der Waals surface area contributed by atoms with Crippen molar-refractivity contribution < 1.29 is 4.74 Å². The van der Waals surface area contributed by atoms with Gasteiger partial charge in [0.05, 0.1) is 6.10 Å². The maximum absolute atomic E-state index is 6.30. The molecule has 0 bridgehead atoms. The number of rotatable bonds is 3. The fourth-order valence-corrected chi connectivity index (χ4v) is 3.20. The number of benzene rings is 1. The molecule has 2 heteroatoms. The van der Waals surface area contributed by atoms with Crippen molar-refractivity contribution in [1.29, 1.82) is 0 Å². The summed E-state index contributed by atoms with van der Waals surface area (Å²) in [4.78, 5) is 0. The Morgan fingerprint density at radius 1 is 1.22 bits per heavy atom. The monoisotopic (exact) mass is 310 g/mol. The van der Waals surface area contributed by atoms with Gasteiger partial charge in [0.25, 0.3) is 0 Å². The fourth-order valence-electron chi connectivity index (χ4n) is 2.76. The average molecular weight is 311 g/mol. The zero-order chi connectivity index (χ0) is 13.1. The van der Waals surface area contributed by atoms with Gasteiger partial charge >= 0.3 is 0 Å². The van der Waals surface area contributed by atoms with Gasteiger partial charge in [-0.1, -0.05) is 48.0 Å². The lowest BCUT2D eigenvalue weighted by molar-refractivity contribution is 0.0993. The summed E-state index contributed by atoms with van der Waals surface area (Å²) in [6, 6.07) is 6.38. The molecule has 0 aliphatic heterocycles. The SMILES string of the molecule is Cc1cccc(CBr)c1OC1CCC(C)C(C)C1. The Morgan fingerprint density at radius 3 is 2.67 bits per heavy atom. The predicted octanol–water partition coefficient (Wildman–Crippen LogP) is 5.09. The quantitative estimate of drug-likeness (QED) is 0.706. The molecule has 1 nitrogen and oxygen atoms in total. The molecule has 1 aliphatic carbocycles. The van der Waals surface area contributed by atoms with Crippen LogP contribution < -0.4 is 4.74 Å². The van der Waals surface area contributed by atoms with Crippen molar-refractivity contribution in [3.63, 3.8) is 0 Å². The zero-order valence-corrected chi connectivity index (χ0v) is 13.2. The second kappa shape index (κ2) is 6.10. The van der Waals surface area contributed by atoms with E-state index in [9.17, 15) is 0 Å². The lowest BCUT2D eigenvalue weighted by Crippen LogP contribution is -2.29. The number of aryl methyl sites for hydroxylation is 1. The molecule has 0 radical (unpaired) electrons. The van der Waals surface area contributed by atoms with Crippen molar-refractivity contribution in [3.8, 4) is 5.75 Å². The summed E-state index contributed by atoms with van der Waals surface area (Å²) in [5, 5.41) is 0.864. The van der Waals surface area contributed by atoms with Crippen LogP contribution in [0, 0.1) is 18.8 Å². The van der Waals surface area contributed by atoms with Crippen LogP contribution in [0.15, 0.2) is 18.2 Å². The minimum atomic E-state index is 0.398. The Bertz CT molecular complexity index is 402. The van der Waals surface area contributed by atoms with Crippen molar-refractivity contribution in [3.05, 3.63) is 29.3 Å². The van der Waals surface area contributed by atoms with Gasteiger partial charge in [0.2, 0.25) is 0 Å². The average Bonchev–Trinajstić information content (AvgIpc) is 2.36. The van der Waals surface area contributed by atoms with Gasteiger partial charge < -0.3 is 4.74 Å². The van der Waals surface area contributed by atoms with Gasteiger partial charge in [0.15, 0.2) is 0 Å². The minimum absolute atomic E-state index is 0.398. The van der Waals surface area contributed by atoms with E-state index in [4.69, 9.17) is 4.74 Å². The lowest BCUT2D eigenvalue weighted by Gasteiger charge is -2.33. The zero-order valence-electron chi connectivity index (χ0n) is 11.6. The van der Waals surface area contributed by atoms with Crippen LogP contribution in [-0.2, 0) is 5.33 Å².